The van der Waals surface area contributed by atoms with E-state index in [-0.39, 0.29) is 24.4 Å². The summed E-state index contributed by atoms with van der Waals surface area (Å²) in [6.45, 7) is 7.10. The maximum Gasteiger partial charge on any atom is 0.254 e. The monoisotopic (exact) mass is 342 g/mol. The van der Waals surface area contributed by atoms with Gasteiger partial charge in [0.05, 0.1) is 6.61 Å². The molecule has 1 aliphatic heterocycles. The van der Waals surface area contributed by atoms with Gasteiger partial charge in [-0.2, -0.15) is 0 Å². The van der Waals surface area contributed by atoms with Crippen molar-refractivity contribution in [1.29, 1.82) is 0 Å². The normalized spacial score (nSPS) is 20.7. The Kier molecular flexibility index (Phi) is 8.37. The van der Waals surface area contributed by atoms with E-state index in [1.54, 1.807) is 7.11 Å². The third-order valence-electron chi connectivity index (χ3n) is 4.16. The molecule has 23 heavy (non-hydrogen) atoms. The average molecular weight is 343 g/mol. The Hall–Kier alpha value is -1.30. The summed E-state index contributed by atoms with van der Waals surface area (Å²) in [7, 11) is 1.68. The summed E-state index contributed by atoms with van der Waals surface area (Å²) in [5.74, 6) is 0.876. The van der Waals surface area contributed by atoms with Crippen LogP contribution in [0.4, 0.5) is 0 Å². The number of piperazine rings is 1. The van der Waals surface area contributed by atoms with Crippen molar-refractivity contribution in [3.63, 3.8) is 0 Å². The zero-order valence-corrected chi connectivity index (χ0v) is 14.9. The van der Waals surface area contributed by atoms with E-state index < -0.39 is 0 Å². The third kappa shape index (κ3) is 5.37. The van der Waals surface area contributed by atoms with E-state index >= 15 is 0 Å². The number of benzene rings is 1. The molecule has 6 heteroatoms. The summed E-state index contributed by atoms with van der Waals surface area (Å²) in [4.78, 5) is 14.5. The molecular weight excluding hydrogens is 316 g/mol. The van der Waals surface area contributed by atoms with Crippen LogP contribution in [0.25, 0.3) is 0 Å². The van der Waals surface area contributed by atoms with E-state index in [0.29, 0.717) is 24.8 Å². The number of ether oxygens (including phenoxy) is 2. The standard InChI is InChI=1S/C17H26N2O3.ClH/c1-13-14(2)19(10-9-18-13)17(20)15-5-7-16(8-6-15)22-12-4-11-21-3;/h5-8,13-14,18H,4,9-12H2,1-3H3;1H. The summed E-state index contributed by atoms with van der Waals surface area (Å²) < 4.78 is 10.6. The Morgan fingerprint density at radius 3 is 2.61 bits per heavy atom. The molecule has 0 aliphatic carbocycles. The van der Waals surface area contributed by atoms with Crippen molar-refractivity contribution in [2.45, 2.75) is 32.4 Å². The maximum atomic E-state index is 12.6. The molecule has 2 rings (SSSR count). The zero-order valence-electron chi connectivity index (χ0n) is 14.1. The molecule has 2 atom stereocenters. The lowest BCUT2D eigenvalue weighted by Gasteiger charge is -2.38. The minimum Gasteiger partial charge on any atom is -0.494 e. The van der Waals surface area contributed by atoms with Crippen molar-refractivity contribution in [2.75, 3.05) is 33.4 Å². The van der Waals surface area contributed by atoms with Crippen molar-refractivity contribution in [3.8, 4) is 5.75 Å². The number of nitrogens with one attached hydrogen (secondary N) is 1. The first-order chi connectivity index (χ1) is 10.6. The number of carbonyl (C=O) groups excluding carboxylic acids is 1. The molecule has 1 aromatic carbocycles. The third-order valence-corrected chi connectivity index (χ3v) is 4.16. The van der Waals surface area contributed by atoms with Gasteiger partial charge in [-0.05, 0) is 38.1 Å². The lowest BCUT2D eigenvalue weighted by atomic mass is 10.1. The number of hydrogen-bond acceptors (Lipinski definition) is 4. The van der Waals surface area contributed by atoms with Crippen LogP contribution in [0.2, 0.25) is 0 Å². The molecule has 5 nitrogen and oxygen atoms in total. The Morgan fingerprint density at radius 2 is 1.96 bits per heavy atom. The van der Waals surface area contributed by atoms with Crippen LogP contribution in [-0.2, 0) is 4.74 Å². The molecule has 0 spiro atoms. The van der Waals surface area contributed by atoms with Gasteiger partial charge >= 0.3 is 0 Å². The number of nitrogens with zero attached hydrogens (tertiary/aromatic N) is 1. The highest BCUT2D eigenvalue weighted by Crippen LogP contribution is 2.17. The number of rotatable bonds is 6. The first kappa shape index (κ1) is 19.7. The fraction of sp³-hybridized carbons (Fsp3) is 0.588. The predicted molar refractivity (Wildman–Crippen MR) is 93.6 cm³/mol. The highest BCUT2D eigenvalue weighted by Gasteiger charge is 2.28. The van der Waals surface area contributed by atoms with E-state index in [9.17, 15) is 4.79 Å². The lowest BCUT2D eigenvalue weighted by molar-refractivity contribution is 0.0603. The molecule has 0 aromatic heterocycles. The largest absolute Gasteiger partial charge is 0.494 e. The van der Waals surface area contributed by atoms with Crippen LogP contribution in [0, 0.1) is 0 Å². The summed E-state index contributed by atoms with van der Waals surface area (Å²) in [5.41, 5.74) is 0.713. The Balaban J connectivity index is 0.00000264. The topological polar surface area (TPSA) is 50.8 Å². The van der Waals surface area contributed by atoms with E-state index in [4.69, 9.17) is 9.47 Å². The first-order valence-electron chi connectivity index (χ1n) is 7.89. The van der Waals surface area contributed by atoms with Gasteiger partial charge in [0, 0.05) is 50.9 Å². The SMILES string of the molecule is COCCCOc1ccc(C(=O)N2CCNC(C)C2C)cc1.Cl. The van der Waals surface area contributed by atoms with E-state index in [2.05, 4.69) is 19.2 Å². The molecule has 1 N–H and O–H groups in total. The van der Waals surface area contributed by atoms with Crippen LogP contribution in [0.15, 0.2) is 24.3 Å². The lowest BCUT2D eigenvalue weighted by Crippen LogP contribution is -2.57. The predicted octanol–water partition coefficient (Wildman–Crippen LogP) is 2.35. The van der Waals surface area contributed by atoms with Crippen molar-refractivity contribution in [3.05, 3.63) is 29.8 Å². The molecule has 130 valence electrons. The molecule has 0 saturated carbocycles. The molecule has 1 fully saturated rings. The van der Waals surface area contributed by atoms with Crippen LogP contribution < -0.4 is 10.1 Å². The maximum absolute atomic E-state index is 12.6. The van der Waals surface area contributed by atoms with Gasteiger partial charge in [-0.3, -0.25) is 4.79 Å². The van der Waals surface area contributed by atoms with Crippen LogP contribution in [-0.4, -0.2) is 56.3 Å². The number of methoxy groups -OCH3 is 1. The Morgan fingerprint density at radius 1 is 1.26 bits per heavy atom. The zero-order chi connectivity index (χ0) is 15.9. The van der Waals surface area contributed by atoms with Gasteiger partial charge in [-0.25, -0.2) is 0 Å². The number of carbonyl (C=O) groups is 1. The molecule has 1 heterocycles. The van der Waals surface area contributed by atoms with Gasteiger partial charge in [0.1, 0.15) is 5.75 Å². The van der Waals surface area contributed by atoms with E-state index in [0.717, 1.165) is 25.3 Å². The second-order valence-corrected chi connectivity index (χ2v) is 5.70. The van der Waals surface area contributed by atoms with Gasteiger partial charge in [-0.15, -0.1) is 12.4 Å². The molecule has 0 radical (unpaired) electrons. The molecule has 1 aliphatic rings. The van der Waals surface area contributed by atoms with Gasteiger partial charge in [0.25, 0.3) is 5.91 Å². The van der Waals surface area contributed by atoms with Gasteiger partial charge in [-0.1, -0.05) is 0 Å². The van der Waals surface area contributed by atoms with Crippen LogP contribution >= 0.6 is 12.4 Å². The second kappa shape index (κ2) is 9.75. The summed E-state index contributed by atoms with van der Waals surface area (Å²) in [6, 6.07) is 7.92. The van der Waals surface area contributed by atoms with Crippen LogP contribution in [0.5, 0.6) is 5.75 Å². The number of amides is 1. The Labute approximate surface area is 144 Å². The fourth-order valence-corrected chi connectivity index (χ4v) is 2.60. The first-order valence-corrected chi connectivity index (χ1v) is 7.89. The van der Waals surface area contributed by atoms with Gasteiger partial charge in [0.2, 0.25) is 0 Å². The average Bonchev–Trinajstić information content (AvgIpc) is 2.54. The second-order valence-electron chi connectivity index (χ2n) is 5.70. The highest BCUT2D eigenvalue weighted by molar-refractivity contribution is 5.94. The van der Waals surface area contributed by atoms with Crippen LogP contribution in [0.1, 0.15) is 30.6 Å². The van der Waals surface area contributed by atoms with Gasteiger partial charge < -0.3 is 19.7 Å². The molecule has 1 saturated heterocycles. The summed E-state index contributed by atoms with van der Waals surface area (Å²) in [5, 5.41) is 3.39. The molecule has 1 amide bonds. The number of hydrogen-bond donors (Lipinski definition) is 1. The van der Waals surface area contributed by atoms with E-state index in [1.165, 1.54) is 0 Å². The quantitative estimate of drug-likeness (QED) is 0.806. The Bertz CT molecular complexity index is 481. The summed E-state index contributed by atoms with van der Waals surface area (Å²) >= 11 is 0. The van der Waals surface area contributed by atoms with Crippen molar-refractivity contribution in [1.82, 2.24) is 10.2 Å². The van der Waals surface area contributed by atoms with E-state index in [1.807, 2.05) is 29.2 Å². The van der Waals surface area contributed by atoms with Crippen LogP contribution in [0.3, 0.4) is 0 Å². The summed E-state index contributed by atoms with van der Waals surface area (Å²) in [6.07, 6.45) is 0.855. The molecule has 2 unspecified atom stereocenters. The molecule has 0 bridgehead atoms. The van der Waals surface area contributed by atoms with Gasteiger partial charge in [0.15, 0.2) is 0 Å². The smallest absolute Gasteiger partial charge is 0.254 e. The fourth-order valence-electron chi connectivity index (χ4n) is 2.60. The van der Waals surface area contributed by atoms with Crippen molar-refractivity contribution < 1.29 is 14.3 Å². The molecular formula is C17H27ClN2O3. The minimum atomic E-state index is 0. The van der Waals surface area contributed by atoms with Crippen molar-refractivity contribution in [2.24, 2.45) is 0 Å². The molecule has 1 aromatic rings. The van der Waals surface area contributed by atoms with Crippen molar-refractivity contribution >= 4 is 18.3 Å². The minimum absolute atomic E-state index is 0. The number of halogens is 1. The highest BCUT2D eigenvalue weighted by atomic mass is 35.5.